The van der Waals surface area contributed by atoms with Crippen molar-refractivity contribution in [3.8, 4) is 44.6 Å². The molecule has 0 aliphatic carbocycles. The Balaban J connectivity index is 1.01. The van der Waals surface area contributed by atoms with Gasteiger partial charge in [0.1, 0.15) is 0 Å². The van der Waals surface area contributed by atoms with Gasteiger partial charge in [0.2, 0.25) is 0 Å². The van der Waals surface area contributed by atoms with Crippen LogP contribution in [0.2, 0.25) is 0 Å². The molecule has 0 fully saturated rings. The minimum Gasteiger partial charge on any atom is -0.310 e. The SMILES string of the molecule is c1ccc(-c2ccc3c(ccc4cc(N(c5ccc(-c6cc(-c7ccccc7)c7ncccc7n6)cc5)c5ccc(-c6cncc7ccccc67)cc5)ccc43)c2)cc1. The van der Waals surface area contributed by atoms with Crippen molar-refractivity contribution in [1.82, 2.24) is 15.0 Å². The molecular weight excluding hydrogens is 717 g/mol. The van der Waals surface area contributed by atoms with E-state index in [0.717, 1.165) is 67.0 Å². The minimum atomic E-state index is 0.871. The molecule has 11 aromatic rings. The summed E-state index contributed by atoms with van der Waals surface area (Å²) in [5.74, 6) is 0. The van der Waals surface area contributed by atoms with Gasteiger partial charge in [0.05, 0.1) is 16.7 Å². The lowest BCUT2D eigenvalue weighted by molar-refractivity contribution is 1.28. The van der Waals surface area contributed by atoms with E-state index in [0.29, 0.717) is 0 Å². The summed E-state index contributed by atoms with van der Waals surface area (Å²) in [4.78, 5) is 16.7. The van der Waals surface area contributed by atoms with Gasteiger partial charge < -0.3 is 4.90 Å². The fraction of sp³-hybridized carbons (Fsp3) is 0. The van der Waals surface area contributed by atoms with E-state index in [1.165, 1.54) is 38.1 Å². The maximum Gasteiger partial charge on any atom is 0.0965 e. The van der Waals surface area contributed by atoms with E-state index in [2.05, 4.69) is 192 Å². The third kappa shape index (κ3) is 6.34. The zero-order valence-corrected chi connectivity index (χ0v) is 32.1. The van der Waals surface area contributed by atoms with Gasteiger partial charge in [0, 0.05) is 57.7 Å². The first-order chi connectivity index (χ1) is 29.2. The molecule has 0 saturated carbocycles. The first-order valence-electron chi connectivity index (χ1n) is 19.9. The second kappa shape index (κ2) is 14.5. The summed E-state index contributed by atoms with van der Waals surface area (Å²) in [5, 5.41) is 7.20. The molecule has 59 heavy (non-hydrogen) atoms. The van der Waals surface area contributed by atoms with Crippen molar-refractivity contribution < 1.29 is 0 Å². The molecular formula is C55H36N4. The molecule has 0 atom stereocenters. The normalized spacial score (nSPS) is 11.4. The van der Waals surface area contributed by atoms with E-state index >= 15 is 0 Å². The Hall–Kier alpha value is -7.95. The van der Waals surface area contributed by atoms with E-state index in [-0.39, 0.29) is 0 Å². The van der Waals surface area contributed by atoms with Crippen molar-refractivity contribution in [2.45, 2.75) is 0 Å². The molecule has 0 aliphatic heterocycles. The van der Waals surface area contributed by atoms with E-state index < -0.39 is 0 Å². The van der Waals surface area contributed by atoms with Crippen LogP contribution in [0.5, 0.6) is 0 Å². The number of pyridine rings is 3. The van der Waals surface area contributed by atoms with Crippen LogP contribution < -0.4 is 4.90 Å². The second-order valence-electron chi connectivity index (χ2n) is 14.9. The molecule has 0 bridgehead atoms. The van der Waals surface area contributed by atoms with Crippen LogP contribution in [-0.4, -0.2) is 15.0 Å². The van der Waals surface area contributed by atoms with Crippen LogP contribution in [0.4, 0.5) is 17.1 Å². The average Bonchev–Trinajstić information content (AvgIpc) is 3.32. The van der Waals surface area contributed by atoms with Gasteiger partial charge in [-0.05, 0) is 110 Å². The Morgan fingerprint density at radius 3 is 1.73 bits per heavy atom. The zero-order chi connectivity index (χ0) is 39.1. The summed E-state index contributed by atoms with van der Waals surface area (Å²) in [7, 11) is 0. The Labute approximate surface area is 342 Å². The number of nitrogens with zero attached hydrogens (tertiary/aromatic N) is 4. The summed E-state index contributed by atoms with van der Waals surface area (Å²) in [6, 6.07) is 71.3. The number of rotatable bonds is 7. The van der Waals surface area contributed by atoms with Crippen LogP contribution in [0.1, 0.15) is 0 Å². The number of fused-ring (bicyclic) bond motifs is 5. The predicted octanol–water partition coefficient (Wildman–Crippen LogP) is 14.6. The summed E-state index contributed by atoms with van der Waals surface area (Å²) < 4.78 is 0. The van der Waals surface area contributed by atoms with Gasteiger partial charge in [-0.15, -0.1) is 0 Å². The number of hydrogen-bond acceptors (Lipinski definition) is 4. The van der Waals surface area contributed by atoms with Crippen molar-refractivity contribution in [3.63, 3.8) is 0 Å². The first kappa shape index (κ1) is 34.3. The van der Waals surface area contributed by atoms with Gasteiger partial charge in [-0.25, -0.2) is 4.98 Å². The molecule has 276 valence electrons. The fourth-order valence-corrected chi connectivity index (χ4v) is 8.42. The smallest absolute Gasteiger partial charge is 0.0965 e. The molecule has 4 heteroatoms. The number of anilines is 3. The van der Waals surface area contributed by atoms with E-state index in [4.69, 9.17) is 9.97 Å². The van der Waals surface area contributed by atoms with Crippen LogP contribution in [-0.2, 0) is 0 Å². The Morgan fingerprint density at radius 2 is 0.966 bits per heavy atom. The minimum absolute atomic E-state index is 0.871. The molecule has 3 aromatic heterocycles. The van der Waals surface area contributed by atoms with Crippen LogP contribution in [0.3, 0.4) is 0 Å². The van der Waals surface area contributed by atoms with Crippen LogP contribution >= 0.6 is 0 Å². The predicted molar refractivity (Wildman–Crippen MR) is 246 cm³/mol. The van der Waals surface area contributed by atoms with Gasteiger partial charge >= 0.3 is 0 Å². The standard InChI is InChI=1S/C55H36N4/c1-3-10-37(11-4-1)41-23-29-49-42(32-41)17-18-43-33-47(28-30-50(43)49)59(45-24-19-39(20-25-45)52-36-56-35-44-14-7-8-15-48(44)52)46-26-21-40(22-27-46)54-34-51(38-12-5-2-6-13-38)55-53(58-54)16-9-31-57-55/h1-36H. The highest BCUT2D eigenvalue weighted by Crippen LogP contribution is 2.40. The van der Waals surface area contributed by atoms with Crippen molar-refractivity contribution in [2.75, 3.05) is 4.90 Å². The lowest BCUT2D eigenvalue weighted by atomic mass is 9.97. The summed E-state index contributed by atoms with van der Waals surface area (Å²) >= 11 is 0. The highest BCUT2D eigenvalue weighted by Gasteiger charge is 2.17. The summed E-state index contributed by atoms with van der Waals surface area (Å²) in [5.41, 5.74) is 13.8. The highest BCUT2D eigenvalue weighted by atomic mass is 15.1. The van der Waals surface area contributed by atoms with Gasteiger partial charge in [0.15, 0.2) is 0 Å². The quantitative estimate of drug-likeness (QED) is 0.152. The highest BCUT2D eigenvalue weighted by molar-refractivity contribution is 6.09. The molecule has 0 radical (unpaired) electrons. The maximum atomic E-state index is 5.08. The van der Waals surface area contributed by atoms with Crippen molar-refractivity contribution in [3.05, 3.63) is 219 Å². The third-order valence-corrected chi connectivity index (χ3v) is 11.4. The molecule has 11 rings (SSSR count). The molecule has 8 aromatic carbocycles. The van der Waals surface area contributed by atoms with E-state index in [9.17, 15) is 0 Å². The van der Waals surface area contributed by atoms with Gasteiger partial charge in [0.25, 0.3) is 0 Å². The molecule has 0 N–H and O–H groups in total. The Bertz CT molecular complexity index is 3300. The maximum absolute atomic E-state index is 5.08. The first-order valence-corrected chi connectivity index (χ1v) is 19.9. The van der Waals surface area contributed by atoms with Gasteiger partial charge in [-0.1, -0.05) is 140 Å². The molecule has 0 unspecified atom stereocenters. The van der Waals surface area contributed by atoms with Gasteiger partial charge in [-0.3, -0.25) is 9.97 Å². The topological polar surface area (TPSA) is 41.9 Å². The Kier molecular flexibility index (Phi) is 8.45. The molecule has 0 amide bonds. The summed E-state index contributed by atoms with van der Waals surface area (Å²) in [6.07, 6.45) is 5.73. The largest absolute Gasteiger partial charge is 0.310 e. The van der Waals surface area contributed by atoms with Crippen molar-refractivity contribution in [1.29, 1.82) is 0 Å². The zero-order valence-electron chi connectivity index (χ0n) is 32.1. The van der Waals surface area contributed by atoms with E-state index in [1.807, 2.05) is 36.8 Å². The number of aromatic nitrogens is 3. The molecule has 0 saturated heterocycles. The molecule has 0 aliphatic rings. The lowest BCUT2D eigenvalue weighted by Gasteiger charge is -2.26. The number of hydrogen-bond donors (Lipinski definition) is 0. The molecule has 4 nitrogen and oxygen atoms in total. The van der Waals surface area contributed by atoms with Gasteiger partial charge in [-0.2, -0.15) is 0 Å². The Morgan fingerprint density at radius 1 is 0.356 bits per heavy atom. The van der Waals surface area contributed by atoms with Crippen molar-refractivity contribution >= 4 is 60.4 Å². The summed E-state index contributed by atoms with van der Waals surface area (Å²) in [6.45, 7) is 0. The molecule has 3 heterocycles. The van der Waals surface area contributed by atoms with E-state index in [1.54, 1.807) is 0 Å². The monoisotopic (exact) mass is 752 g/mol. The lowest BCUT2D eigenvalue weighted by Crippen LogP contribution is -2.10. The van der Waals surface area contributed by atoms with Crippen LogP contribution in [0.15, 0.2) is 219 Å². The fourth-order valence-electron chi connectivity index (χ4n) is 8.42. The van der Waals surface area contributed by atoms with Crippen LogP contribution in [0.25, 0.3) is 88.0 Å². The second-order valence-corrected chi connectivity index (χ2v) is 14.9. The average molecular weight is 753 g/mol. The van der Waals surface area contributed by atoms with Crippen molar-refractivity contribution in [2.24, 2.45) is 0 Å². The van der Waals surface area contributed by atoms with Crippen LogP contribution in [0, 0.1) is 0 Å². The number of benzene rings is 8. The molecule has 0 spiro atoms. The third-order valence-electron chi connectivity index (χ3n) is 11.4.